The van der Waals surface area contributed by atoms with Crippen molar-refractivity contribution >= 4 is 5.78 Å². The van der Waals surface area contributed by atoms with Gasteiger partial charge in [-0.15, -0.1) is 0 Å². The Balaban J connectivity index is 1.71. The zero-order valence-corrected chi connectivity index (χ0v) is 12.1. The molecule has 2 aromatic rings. The van der Waals surface area contributed by atoms with Gasteiger partial charge in [0.05, 0.1) is 0 Å². The van der Waals surface area contributed by atoms with Gasteiger partial charge in [-0.3, -0.25) is 4.79 Å². The fraction of sp³-hybridized carbons (Fsp3) is 0.350. The van der Waals surface area contributed by atoms with E-state index in [1.54, 1.807) is 0 Å². The lowest BCUT2D eigenvalue weighted by Crippen LogP contribution is -2.28. The fourth-order valence-corrected chi connectivity index (χ4v) is 4.62. The van der Waals surface area contributed by atoms with Crippen LogP contribution in [0.2, 0.25) is 0 Å². The third kappa shape index (κ3) is 2.12. The van der Waals surface area contributed by atoms with Crippen LogP contribution in [0.25, 0.3) is 0 Å². The van der Waals surface area contributed by atoms with Crippen LogP contribution in [0.4, 0.5) is 0 Å². The van der Waals surface area contributed by atoms with E-state index in [0.29, 0.717) is 23.5 Å². The maximum absolute atomic E-state index is 13.0. The van der Waals surface area contributed by atoms with Crippen LogP contribution in [0.3, 0.4) is 0 Å². The number of benzene rings is 2. The van der Waals surface area contributed by atoms with Crippen molar-refractivity contribution < 1.29 is 4.79 Å². The molecule has 0 N–H and O–H groups in total. The Bertz CT molecular complexity index is 631. The number of hydrogen-bond acceptors (Lipinski definition) is 1. The fourth-order valence-electron chi connectivity index (χ4n) is 4.62. The van der Waals surface area contributed by atoms with E-state index in [2.05, 4.69) is 30.3 Å². The van der Waals surface area contributed by atoms with E-state index in [4.69, 9.17) is 0 Å². The monoisotopic (exact) mass is 276 g/mol. The van der Waals surface area contributed by atoms with Crippen LogP contribution < -0.4 is 0 Å². The number of rotatable bonds is 3. The summed E-state index contributed by atoms with van der Waals surface area (Å²) < 4.78 is 0. The number of Topliss-reactive ketones (excluding diaryl/α,β-unsaturated/α-hetero) is 1. The molecule has 0 aliphatic heterocycles. The lowest BCUT2D eigenvalue weighted by molar-refractivity contribution is 0.0853. The van der Waals surface area contributed by atoms with Crippen LogP contribution in [0.15, 0.2) is 60.7 Å². The average molecular weight is 276 g/mol. The Morgan fingerprint density at radius 1 is 0.810 bits per heavy atom. The van der Waals surface area contributed by atoms with Gasteiger partial charge in [0.15, 0.2) is 5.78 Å². The van der Waals surface area contributed by atoms with Gasteiger partial charge < -0.3 is 0 Å². The first-order chi connectivity index (χ1) is 10.3. The summed E-state index contributed by atoms with van der Waals surface area (Å²) in [5, 5.41) is 0. The van der Waals surface area contributed by atoms with E-state index >= 15 is 0 Å². The van der Waals surface area contributed by atoms with E-state index in [0.717, 1.165) is 5.56 Å². The van der Waals surface area contributed by atoms with Crippen molar-refractivity contribution in [1.29, 1.82) is 0 Å². The van der Waals surface area contributed by atoms with Crippen molar-refractivity contribution in [3.05, 3.63) is 71.8 Å². The normalized spacial score (nSPS) is 30.5. The molecule has 2 bridgehead atoms. The van der Waals surface area contributed by atoms with Gasteiger partial charge in [0.1, 0.15) is 0 Å². The molecule has 1 heteroatoms. The number of carbonyl (C=O) groups is 1. The number of carbonyl (C=O) groups excluding carboxylic acids is 1. The molecule has 2 saturated carbocycles. The first-order valence-electron chi connectivity index (χ1n) is 7.99. The van der Waals surface area contributed by atoms with E-state index in [1.807, 2.05) is 30.3 Å². The second kappa shape index (κ2) is 5.14. The number of fused-ring (bicyclic) bond motifs is 2. The van der Waals surface area contributed by atoms with Crippen molar-refractivity contribution in [3.63, 3.8) is 0 Å². The molecule has 21 heavy (non-hydrogen) atoms. The first-order valence-corrected chi connectivity index (χ1v) is 7.99. The predicted molar refractivity (Wildman–Crippen MR) is 84.3 cm³/mol. The highest BCUT2D eigenvalue weighted by Crippen LogP contribution is 2.57. The van der Waals surface area contributed by atoms with Crippen molar-refractivity contribution in [2.75, 3.05) is 0 Å². The summed E-state index contributed by atoms with van der Waals surface area (Å²) in [6.45, 7) is 0. The summed E-state index contributed by atoms with van der Waals surface area (Å²) in [5.41, 5.74) is 2.25. The SMILES string of the molecule is O=C(c1ccccc1)[C@H]1[C@H]2CC[C@@H](C2)[C@@H]1c1ccccc1. The summed E-state index contributed by atoms with van der Waals surface area (Å²) in [6.07, 6.45) is 3.77. The number of hydrogen-bond donors (Lipinski definition) is 0. The second-order valence-corrected chi connectivity index (χ2v) is 6.53. The molecule has 1 nitrogen and oxygen atoms in total. The maximum Gasteiger partial charge on any atom is 0.166 e. The van der Waals surface area contributed by atoms with Gasteiger partial charge in [0, 0.05) is 11.5 Å². The molecular weight excluding hydrogens is 256 g/mol. The summed E-state index contributed by atoms with van der Waals surface area (Å²) in [4.78, 5) is 13.0. The van der Waals surface area contributed by atoms with Gasteiger partial charge in [-0.2, -0.15) is 0 Å². The molecule has 2 aromatic carbocycles. The second-order valence-electron chi connectivity index (χ2n) is 6.53. The molecule has 0 heterocycles. The molecule has 4 rings (SSSR count). The lowest BCUT2D eigenvalue weighted by Gasteiger charge is -2.30. The van der Waals surface area contributed by atoms with Gasteiger partial charge in [0.25, 0.3) is 0 Å². The minimum Gasteiger partial charge on any atom is -0.294 e. The van der Waals surface area contributed by atoms with Crippen LogP contribution in [0.5, 0.6) is 0 Å². The Hall–Kier alpha value is -1.89. The molecule has 4 atom stereocenters. The zero-order valence-electron chi connectivity index (χ0n) is 12.1. The van der Waals surface area contributed by atoms with Crippen LogP contribution in [-0.4, -0.2) is 5.78 Å². The van der Waals surface area contributed by atoms with Crippen molar-refractivity contribution in [3.8, 4) is 0 Å². The Kier molecular flexibility index (Phi) is 3.14. The van der Waals surface area contributed by atoms with Gasteiger partial charge in [-0.05, 0) is 42.6 Å². The van der Waals surface area contributed by atoms with E-state index in [-0.39, 0.29) is 5.92 Å². The first kappa shape index (κ1) is 12.8. The summed E-state index contributed by atoms with van der Waals surface area (Å²) in [7, 11) is 0. The van der Waals surface area contributed by atoms with Crippen molar-refractivity contribution in [2.45, 2.75) is 25.2 Å². The zero-order chi connectivity index (χ0) is 14.2. The Morgan fingerprint density at radius 3 is 2.14 bits per heavy atom. The standard InChI is InChI=1S/C20H20O/c21-20(15-9-5-2-6-10-15)19-17-12-11-16(13-17)18(19)14-7-3-1-4-8-14/h1-10,16-19H,11-13H2/t16-,17-,18-,19-/m0/s1. The molecular formula is C20H20O. The van der Waals surface area contributed by atoms with Crippen LogP contribution in [-0.2, 0) is 0 Å². The molecule has 0 amide bonds. The van der Waals surface area contributed by atoms with Gasteiger partial charge >= 0.3 is 0 Å². The van der Waals surface area contributed by atoms with E-state index in [1.165, 1.54) is 24.8 Å². The highest BCUT2D eigenvalue weighted by Gasteiger charge is 2.50. The van der Waals surface area contributed by atoms with E-state index < -0.39 is 0 Å². The third-order valence-electron chi connectivity index (χ3n) is 5.46. The molecule has 0 saturated heterocycles. The predicted octanol–water partition coefficient (Wildman–Crippen LogP) is 4.70. The minimum absolute atomic E-state index is 0.188. The van der Waals surface area contributed by atoms with Crippen LogP contribution >= 0.6 is 0 Å². The third-order valence-corrected chi connectivity index (χ3v) is 5.46. The van der Waals surface area contributed by atoms with Crippen LogP contribution in [0.1, 0.15) is 41.1 Å². The molecule has 2 aliphatic carbocycles. The molecule has 2 fully saturated rings. The lowest BCUT2D eigenvalue weighted by atomic mass is 9.72. The maximum atomic E-state index is 13.0. The van der Waals surface area contributed by atoms with E-state index in [9.17, 15) is 4.79 Å². The molecule has 0 spiro atoms. The Morgan fingerprint density at radius 2 is 1.43 bits per heavy atom. The summed E-state index contributed by atoms with van der Waals surface area (Å²) in [6, 6.07) is 20.5. The number of ketones is 1. The van der Waals surface area contributed by atoms with Crippen LogP contribution in [0, 0.1) is 17.8 Å². The highest BCUT2D eigenvalue weighted by atomic mass is 16.1. The smallest absolute Gasteiger partial charge is 0.166 e. The average Bonchev–Trinajstić information content (AvgIpc) is 3.17. The Labute approximate surface area is 126 Å². The largest absolute Gasteiger partial charge is 0.294 e. The molecule has 0 unspecified atom stereocenters. The summed E-state index contributed by atoms with van der Waals surface area (Å²) in [5.74, 6) is 2.27. The summed E-state index contributed by atoms with van der Waals surface area (Å²) >= 11 is 0. The highest BCUT2D eigenvalue weighted by molar-refractivity contribution is 5.99. The molecule has 0 aromatic heterocycles. The van der Waals surface area contributed by atoms with Gasteiger partial charge in [-0.1, -0.05) is 60.7 Å². The van der Waals surface area contributed by atoms with Gasteiger partial charge in [-0.25, -0.2) is 0 Å². The van der Waals surface area contributed by atoms with Gasteiger partial charge in [0.2, 0.25) is 0 Å². The van der Waals surface area contributed by atoms with Crippen molar-refractivity contribution in [2.24, 2.45) is 17.8 Å². The molecule has 0 radical (unpaired) electrons. The topological polar surface area (TPSA) is 17.1 Å². The molecule has 106 valence electrons. The quantitative estimate of drug-likeness (QED) is 0.743. The molecule has 2 aliphatic rings. The van der Waals surface area contributed by atoms with Crippen molar-refractivity contribution in [1.82, 2.24) is 0 Å². The minimum atomic E-state index is 0.188.